The summed E-state index contributed by atoms with van der Waals surface area (Å²) in [6.45, 7) is 3.38. The molecule has 4 aromatic rings. The minimum Gasteiger partial charge on any atom is -0.480 e. The van der Waals surface area contributed by atoms with Gasteiger partial charge in [-0.3, -0.25) is 14.8 Å². The Labute approximate surface area is 283 Å². The molecule has 4 N–H and O–H groups in total. The number of carbonyl (C=O) groups is 1. The molecule has 1 aliphatic carbocycles. The van der Waals surface area contributed by atoms with E-state index < -0.39 is 5.60 Å². The van der Waals surface area contributed by atoms with Crippen molar-refractivity contribution in [3.63, 3.8) is 0 Å². The predicted molar refractivity (Wildman–Crippen MR) is 180 cm³/mol. The number of benzene rings is 2. The Morgan fingerprint density at radius 1 is 0.894 bits per heavy atom. The Bertz CT molecular complexity index is 1780. The highest BCUT2D eigenvalue weighted by Gasteiger charge is 2.38. The van der Waals surface area contributed by atoms with Crippen molar-refractivity contribution in [2.45, 2.75) is 63.4 Å². The number of methoxy groups -OCH3 is 2. The summed E-state index contributed by atoms with van der Waals surface area (Å²) in [4.78, 5) is 30.2. The molecule has 11 nitrogen and oxygen atoms in total. The van der Waals surface area contributed by atoms with Gasteiger partial charge in [-0.05, 0) is 26.2 Å². The van der Waals surface area contributed by atoms with Gasteiger partial charge in [0.15, 0.2) is 0 Å². The van der Waals surface area contributed by atoms with Gasteiger partial charge in [-0.15, -0.1) is 0 Å². The fourth-order valence-electron chi connectivity index (χ4n) is 6.08. The molecule has 47 heavy (non-hydrogen) atoms. The number of carbonyl (C=O) groups excluding carboxylic acids is 1. The Morgan fingerprint density at radius 3 is 1.91 bits per heavy atom. The van der Waals surface area contributed by atoms with E-state index in [9.17, 15) is 9.90 Å². The number of halogens is 2. The lowest BCUT2D eigenvalue weighted by Gasteiger charge is -2.41. The Morgan fingerprint density at radius 2 is 1.43 bits per heavy atom. The Kier molecular flexibility index (Phi) is 9.90. The van der Waals surface area contributed by atoms with Crippen LogP contribution in [0, 0.1) is 0 Å². The van der Waals surface area contributed by atoms with Gasteiger partial charge in [0.2, 0.25) is 17.7 Å². The molecule has 0 spiro atoms. The molecular formula is C34H37Cl2N7O4. The van der Waals surface area contributed by atoms with Gasteiger partial charge in [0.1, 0.15) is 11.4 Å². The summed E-state index contributed by atoms with van der Waals surface area (Å²) >= 11 is 14.1. The fraction of sp³-hybridized carbons (Fsp3) is 0.382. The maximum absolute atomic E-state index is 11.5. The van der Waals surface area contributed by atoms with Gasteiger partial charge in [0, 0.05) is 60.4 Å². The highest BCUT2D eigenvalue weighted by Crippen LogP contribution is 2.42. The zero-order valence-electron chi connectivity index (χ0n) is 26.4. The number of nitrogens with zero attached hydrogens (tertiary/aromatic N) is 4. The molecule has 2 aromatic heterocycles. The summed E-state index contributed by atoms with van der Waals surface area (Å²) in [6.07, 6.45) is 6.11. The Hall–Kier alpha value is -3.87. The van der Waals surface area contributed by atoms with Gasteiger partial charge >= 0.3 is 0 Å². The third-order valence-corrected chi connectivity index (χ3v) is 9.36. The molecule has 0 unspecified atom stereocenters. The fourth-order valence-corrected chi connectivity index (χ4v) is 6.73. The van der Waals surface area contributed by atoms with Crippen molar-refractivity contribution in [2.24, 2.45) is 0 Å². The van der Waals surface area contributed by atoms with Crippen LogP contribution in [0.5, 0.6) is 11.8 Å². The highest BCUT2D eigenvalue weighted by molar-refractivity contribution is 6.39. The van der Waals surface area contributed by atoms with Crippen molar-refractivity contribution in [1.82, 2.24) is 35.9 Å². The van der Waals surface area contributed by atoms with Crippen molar-refractivity contribution < 1.29 is 19.4 Å². The molecule has 1 amide bonds. The zero-order chi connectivity index (χ0) is 33.1. The minimum absolute atomic E-state index is 0.0821. The van der Waals surface area contributed by atoms with E-state index in [-0.39, 0.29) is 18.0 Å². The first-order valence-corrected chi connectivity index (χ1v) is 16.2. The third-order valence-electron chi connectivity index (χ3n) is 8.55. The summed E-state index contributed by atoms with van der Waals surface area (Å²) in [5.41, 5.74) is 4.63. The SMILES string of the molecule is COc1nc(-c2cccc(-c3cccc(-c4cnc(CN[C@H]5C[C@](C)(O)C5)c(OC)n4)c3Cl)c2Cl)cnc1CNC[C@@H]1CCC(=O)N1. The van der Waals surface area contributed by atoms with E-state index in [0.29, 0.717) is 94.6 Å². The van der Waals surface area contributed by atoms with Gasteiger partial charge in [-0.25, -0.2) is 9.97 Å². The zero-order valence-corrected chi connectivity index (χ0v) is 28.0. The van der Waals surface area contributed by atoms with Crippen molar-refractivity contribution in [1.29, 1.82) is 0 Å². The molecule has 13 heteroatoms. The van der Waals surface area contributed by atoms with Crippen LogP contribution in [0.25, 0.3) is 33.6 Å². The number of aromatic nitrogens is 4. The molecule has 1 saturated carbocycles. The lowest BCUT2D eigenvalue weighted by Crippen LogP contribution is -2.51. The van der Waals surface area contributed by atoms with Crippen LogP contribution in [0.2, 0.25) is 10.0 Å². The second-order valence-corrected chi connectivity index (χ2v) is 12.9. The van der Waals surface area contributed by atoms with Crippen molar-refractivity contribution >= 4 is 29.1 Å². The topological polar surface area (TPSA) is 143 Å². The summed E-state index contributed by atoms with van der Waals surface area (Å²) in [5.74, 6) is 0.871. The first kappa shape index (κ1) is 33.0. The van der Waals surface area contributed by atoms with Gasteiger partial charge in [0.05, 0.1) is 53.6 Å². The summed E-state index contributed by atoms with van der Waals surface area (Å²) < 4.78 is 11.1. The van der Waals surface area contributed by atoms with E-state index in [1.807, 2.05) is 43.3 Å². The molecule has 1 aliphatic heterocycles. The van der Waals surface area contributed by atoms with E-state index in [1.165, 1.54) is 0 Å². The molecule has 2 aromatic carbocycles. The van der Waals surface area contributed by atoms with Gasteiger partial charge in [0.25, 0.3) is 0 Å². The Balaban J connectivity index is 1.22. The molecular weight excluding hydrogens is 641 g/mol. The maximum atomic E-state index is 11.5. The normalized spacial score (nSPS) is 20.5. The number of aliphatic hydroxyl groups is 1. The van der Waals surface area contributed by atoms with Crippen LogP contribution in [0.1, 0.15) is 44.0 Å². The van der Waals surface area contributed by atoms with Crippen molar-refractivity contribution in [3.8, 4) is 45.4 Å². The van der Waals surface area contributed by atoms with Crippen LogP contribution in [0.4, 0.5) is 0 Å². The second-order valence-electron chi connectivity index (χ2n) is 12.2. The van der Waals surface area contributed by atoms with E-state index in [0.717, 1.165) is 17.5 Å². The van der Waals surface area contributed by atoms with Crippen LogP contribution in [0.15, 0.2) is 48.8 Å². The van der Waals surface area contributed by atoms with E-state index in [2.05, 4.69) is 25.9 Å². The average Bonchev–Trinajstić information content (AvgIpc) is 3.47. The maximum Gasteiger partial charge on any atom is 0.237 e. The molecule has 3 heterocycles. The molecule has 2 aliphatic rings. The van der Waals surface area contributed by atoms with Crippen LogP contribution < -0.4 is 25.4 Å². The first-order chi connectivity index (χ1) is 22.7. The van der Waals surface area contributed by atoms with Crippen LogP contribution in [0.3, 0.4) is 0 Å². The quantitative estimate of drug-likeness (QED) is 0.162. The number of hydrogen-bond acceptors (Lipinski definition) is 10. The molecule has 0 bridgehead atoms. The third kappa shape index (κ3) is 7.34. The van der Waals surface area contributed by atoms with E-state index >= 15 is 0 Å². The lowest BCUT2D eigenvalue weighted by atomic mass is 9.77. The smallest absolute Gasteiger partial charge is 0.237 e. The molecule has 1 saturated heterocycles. The van der Waals surface area contributed by atoms with Gasteiger partial charge in [-0.2, -0.15) is 0 Å². The van der Waals surface area contributed by atoms with Crippen molar-refractivity contribution in [3.05, 3.63) is 70.2 Å². The molecule has 6 rings (SSSR count). The number of amides is 1. The van der Waals surface area contributed by atoms with Crippen LogP contribution in [-0.4, -0.2) is 69.4 Å². The number of hydrogen-bond donors (Lipinski definition) is 4. The summed E-state index contributed by atoms with van der Waals surface area (Å²) in [6, 6.07) is 11.7. The monoisotopic (exact) mass is 677 g/mol. The largest absolute Gasteiger partial charge is 0.480 e. The van der Waals surface area contributed by atoms with Crippen LogP contribution in [-0.2, 0) is 17.9 Å². The summed E-state index contributed by atoms with van der Waals surface area (Å²) in [5, 5.41) is 20.6. The lowest BCUT2D eigenvalue weighted by molar-refractivity contribution is -0.119. The van der Waals surface area contributed by atoms with Crippen molar-refractivity contribution in [2.75, 3.05) is 20.8 Å². The van der Waals surface area contributed by atoms with E-state index in [1.54, 1.807) is 26.6 Å². The standard InChI is InChI=1S/C34H37Cl2N7O4/c1-34(45)12-20(13-34)38-18-28-33(47-3)43-26(17-40-28)24-9-5-7-22(31(24)36)21-6-4-8-23(30(21)35)25-16-39-27(32(42-25)46-2)15-37-14-19-10-11-29(44)41-19/h4-9,16-17,19-20,37-38,45H,10-15,18H2,1-3H3,(H,41,44)/t19-,20-,34-/m0/s1. The first-order valence-electron chi connectivity index (χ1n) is 15.5. The predicted octanol–water partition coefficient (Wildman–Crippen LogP) is 4.96. The van der Waals surface area contributed by atoms with E-state index in [4.69, 9.17) is 42.6 Å². The second kappa shape index (κ2) is 14.1. The number of ether oxygens (including phenoxy) is 2. The molecule has 1 atom stereocenters. The minimum atomic E-state index is -0.610. The van der Waals surface area contributed by atoms with Crippen LogP contribution >= 0.6 is 23.2 Å². The molecule has 0 radical (unpaired) electrons. The molecule has 2 fully saturated rings. The van der Waals surface area contributed by atoms with Gasteiger partial charge in [-0.1, -0.05) is 59.6 Å². The number of rotatable bonds is 12. The highest BCUT2D eigenvalue weighted by atomic mass is 35.5. The summed E-state index contributed by atoms with van der Waals surface area (Å²) in [7, 11) is 3.12. The number of nitrogens with one attached hydrogen (secondary N) is 3. The average molecular weight is 679 g/mol. The van der Waals surface area contributed by atoms with Gasteiger partial charge < -0.3 is 30.5 Å². The molecule has 246 valence electrons.